The van der Waals surface area contributed by atoms with Crippen LogP contribution >= 0.6 is 0 Å². The van der Waals surface area contributed by atoms with Crippen LogP contribution in [0.2, 0.25) is 0 Å². The highest BCUT2D eigenvalue weighted by atomic mass is 16.5. The SMILES string of the molecule is CCc1ccc(OCc2cccc(OC)c2)c(N)c1. The zero-order valence-electron chi connectivity index (χ0n) is 11.3. The van der Waals surface area contributed by atoms with Gasteiger partial charge in [0.15, 0.2) is 0 Å². The van der Waals surface area contributed by atoms with Gasteiger partial charge < -0.3 is 15.2 Å². The maximum Gasteiger partial charge on any atom is 0.142 e. The van der Waals surface area contributed by atoms with Gasteiger partial charge in [-0.3, -0.25) is 0 Å². The first-order chi connectivity index (χ1) is 9.22. The second-order valence-corrected chi connectivity index (χ2v) is 4.37. The minimum absolute atomic E-state index is 0.479. The fraction of sp³-hybridized carbons (Fsp3) is 0.250. The van der Waals surface area contributed by atoms with Crippen LogP contribution in [0, 0.1) is 0 Å². The molecule has 0 amide bonds. The Bertz CT molecular complexity index is 552. The maximum atomic E-state index is 5.97. The molecule has 0 bridgehead atoms. The van der Waals surface area contributed by atoms with E-state index in [1.807, 2.05) is 42.5 Å². The Morgan fingerprint density at radius 2 is 1.89 bits per heavy atom. The van der Waals surface area contributed by atoms with Crippen molar-refractivity contribution in [3.63, 3.8) is 0 Å². The molecule has 3 heteroatoms. The number of nitrogens with two attached hydrogens (primary N) is 1. The summed E-state index contributed by atoms with van der Waals surface area (Å²) in [6.07, 6.45) is 0.973. The fourth-order valence-corrected chi connectivity index (χ4v) is 1.87. The third-order valence-electron chi connectivity index (χ3n) is 3.01. The summed E-state index contributed by atoms with van der Waals surface area (Å²) in [5.74, 6) is 1.55. The van der Waals surface area contributed by atoms with Crippen molar-refractivity contribution in [2.45, 2.75) is 20.0 Å². The Morgan fingerprint density at radius 1 is 1.05 bits per heavy atom. The summed E-state index contributed by atoms with van der Waals surface area (Å²) in [4.78, 5) is 0. The number of benzene rings is 2. The molecule has 0 saturated heterocycles. The Balaban J connectivity index is 2.05. The minimum Gasteiger partial charge on any atom is -0.497 e. The molecule has 0 heterocycles. The van der Waals surface area contributed by atoms with E-state index >= 15 is 0 Å². The summed E-state index contributed by atoms with van der Waals surface area (Å²) >= 11 is 0. The van der Waals surface area contributed by atoms with Crippen LogP contribution in [0.5, 0.6) is 11.5 Å². The molecule has 3 nitrogen and oxygen atoms in total. The monoisotopic (exact) mass is 257 g/mol. The third-order valence-corrected chi connectivity index (χ3v) is 3.01. The third kappa shape index (κ3) is 3.41. The Hall–Kier alpha value is -2.16. The van der Waals surface area contributed by atoms with Crippen LogP contribution in [-0.2, 0) is 13.0 Å². The van der Waals surface area contributed by atoms with Gasteiger partial charge in [-0.15, -0.1) is 0 Å². The second kappa shape index (κ2) is 6.14. The molecule has 0 atom stereocenters. The topological polar surface area (TPSA) is 44.5 Å². The lowest BCUT2D eigenvalue weighted by Gasteiger charge is -2.10. The van der Waals surface area contributed by atoms with Crippen LogP contribution in [0.15, 0.2) is 42.5 Å². The van der Waals surface area contributed by atoms with Gasteiger partial charge in [0.1, 0.15) is 18.1 Å². The van der Waals surface area contributed by atoms with Gasteiger partial charge in [-0.1, -0.05) is 25.1 Å². The summed E-state index contributed by atoms with van der Waals surface area (Å²) in [6, 6.07) is 13.7. The van der Waals surface area contributed by atoms with Gasteiger partial charge in [0.2, 0.25) is 0 Å². The van der Waals surface area contributed by atoms with Gasteiger partial charge >= 0.3 is 0 Å². The number of ether oxygens (including phenoxy) is 2. The van der Waals surface area contributed by atoms with Crippen molar-refractivity contribution in [1.82, 2.24) is 0 Å². The molecule has 0 aromatic heterocycles. The molecule has 0 spiro atoms. The smallest absolute Gasteiger partial charge is 0.142 e. The van der Waals surface area contributed by atoms with Crippen molar-refractivity contribution in [2.24, 2.45) is 0 Å². The Labute approximate surface area is 114 Å². The number of methoxy groups -OCH3 is 1. The summed E-state index contributed by atoms with van der Waals surface area (Å²) in [5.41, 5.74) is 8.92. The van der Waals surface area contributed by atoms with Crippen LogP contribution in [0.3, 0.4) is 0 Å². The molecule has 0 radical (unpaired) electrons. The maximum absolute atomic E-state index is 5.97. The zero-order valence-corrected chi connectivity index (χ0v) is 11.3. The first kappa shape index (κ1) is 13.3. The van der Waals surface area contributed by atoms with E-state index in [4.69, 9.17) is 15.2 Å². The number of nitrogen functional groups attached to an aromatic ring is 1. The van der Waals surface area contributed by atoms with E-state index in [-0.39, 0.29) is 0 Å². The molecule has 0 saturated carbocycles. The van der Waals surface area contributed by atoms with Gasteiger partial charge in [0, 0.05) is 0 Å². The quantitative estimate of drug-likeness (QED) is 0.835. The molecule has 2 N–H and O–H groups in total. The largest absolute Gasteiger partial charge is 0.497 e. The average molecular weight is 257 g/mol. The number of hydrogen-bond donors (Lipinski definition) is 1. The van der Waals surface area contributed by atoms with Crippen LogP contribution in [0.25, 0.3) is 0 Å². The molecular weight excluding hydrogens is 238 g/mol. The van der Waals surface area contributed by atoms with Crippen molar-refractivity contribution in [3.8, 4) is 11.5 Å². The van der Waals surface area contributed by atoms with Crippen LogP contribution in [0.4, 0.5) is 5.69 Å². The van der Waals surface area contributed by atoms with E-state index in [0.29, 0.717) is 12.3 Å². The molecule has 0 aliphatic carbocycles. The predicted octanol–water partition coefficient (Wildman–Crippen LogP) is 3.42. The Kier molecular flexibility index (Phi) is 4.29. The lowest BCUT2D eigenvalue weighted by molar-refractivity contribution is 0.307. The summed E-state index contributed by atoms with van der Waals surface area (Å²) in [6.45, 7) is 2.58. The van der Waals surface area contributed by atoms with Gasteiger partial charge in [-0.25, -0.2) is 0 Å². The van der Waals surface area contributed by atoms with Crippen molar-refractivity contribution in [3.05, 3.63) is 53.6 Å². The van der Waals surface area contributed by atoms with Gasteiger partial charge in [0.25, 0.3) is 0 Å². The van der Waals surface area contributed by atoms with E-state index in [2.05, 4.69) is 6.92 Å². The van der Waals surface area contributed by atoms with E-state index < -0.39 is 0 Å². The van der Waals surface area contributed by atoms with Crippen molar-refractivity contribution in [2.75, 3.05) is 12.8 Å². The molecule has 2 aromatic carbocycles. The molecule has 2 aromatic rings. The van der Waals surface area contributed by atoms with Crippen molar-refractivity contribution in [1.29, 1.82) is 0 Å². The highest BCUT2D eigenvalue weighted by molar-refractivity contribution is 5.54. The van der Waals surface area contributed by atoms with Crippen LogP contribution < -0.4 is 15.2 Å². The van der Waals surface area contributed by atoms with Gasteiger partial charge in [0.05, 0.1) is 12.8 Å². The predicted molar refractivity (Wildman–Crippen MR) is 77.6 cm³/mol. The number of aryl methyl sites for hydroxylation is 1. The highest BCUT2D eigenvalue weighted by Crippen LogP contribution is 2.24. The van der Waals surface area contributed by atoms with Crippen molar-refractivity contribution >= 4 is 5.69 Å². The van der Waals surface area contributed by atoms with E-state index in [9.17, 15) is 0 Å². The fourth-order valence-electron chi connectivity index (χ4n) is 1.87. The van der Waals surface area contributed by atoms with Crippen molar-refractivity contribution < 1.29 is 9.47 Å². The van der Waals surface area contributed by atoms with Gasteiger partial charge in [-0.05, 0) is 41.8 Å². The second-order valence-electron chi connectivity index (χ2n) is 4.37. The number of rotatable bonds is 5. The van der Waals surface area contributed by atoms with E-state index in [1.54, 1.807) is 7.11 Å². The first-order valence-electron chi connectivity index (χ1n) is 6.37. The first-order valence-corrected chi connectivity index (χ1v) is 6.37. The van der Waals surface area contributed by atoms with Gasteiger partial charge in [-0.2, -0.15) is 0 Å². The molecule has 0 unspecified atom stereocenters. The highest BCUT2D eigenvalue weighted by Gasteiger charge is 2.02. The minimum atomic E-state index is 0.479. The molecular formula is C16H19NO2. The molecule has 0 aliphatic heterocycles. The molecule has 19 heavy (non-hydrogen) atoms. The van der Waals surface area contributed by atoms with E-state index in [0.717, 1.165) is 23.5 Å². The molecule has 0 fully saturated rings. The van der Waals surface area contributed by atoms with Crippen LogP contribution in [0.1, 0.15) is 18.1 Å². The Morgan fingerprint density at radius 3 is 2.58 bits per heavy atom. The summed E-state index contributed by atoms with van der Waals surface area (Å²) in [7, 11) is 1.65. The lowest BCUT2D eigenvalue weighted by atomic mass is 10.1. The lowest BCUT2D eigenvalue weighted by Crippen LogP contribution is -1.99. The summed E-state index contributed by atoms with van der Waals surface area (Å²) < 4.78 is 10.9. The number of anilines is 1. The normalized spacial score (nSPS) is 10.2. The van der Waals surface area contributed by atoms with Crippen LogP contribution in [-0.4, -0.2) is 7.11 Å². The average Bonchev–Trinajstić information content (AvgIpc) is 2.46. The molecule has 100 valence electrons. The molecule has 2 rings (SSSR count). The standard InChI is InChI=1S/C16H19NO2/c1-3-12-7-8-16(15(17)10-12)19-11-13-5-4-6-14(9-13)18-2/h4-10H,3,11,17H2,1-2H3. The zero-order chi connectivity index (χ0) is 13.7. The number of hydrogen-bond acceptors (Lipinski definition) is 3. The molecule has 0 aliphatic rings. The summed E-state index contributed by atoms with van der Waals surface area (Å²) in [5, 5.41) is 0. The van der Waals surface area contributed by atoms with E-state index in [1.165, 1.54) is 5.56 Å².